The van der Waals surface area contributed by atoms with E-state index in [0.717, 1.165) is 19.5 Å². The minimum atomic E-state index is -3.70. The highest BCUT2D eigenvalue weighted by Crippen LogP contribution is 2.27. The van der Waals surface area contributed by atoms with E-state index in [4.69, 9.17) is 0 Å². The van der Waals surface area contributed by atoms with Crippen molar-refractivity contribution in [3.63, 3.8) is 0 Å². The summed E-state index contributed by atoms with van der Waals surface area (Å²) in [5, 5.41) is 0.0615. The van der Waals surface area contributed by atoms with Crippen molar-refractivity contribution in [2.45, 2.75) is 51.6 Å². The number of piperidine rings is 1. The third-order valence-electron chi connectivity index (χ3n) is 6.81. The first-order valence-electron chi connectivity index (χ1n) is 11.8. The fourth-order valence-corrected chi connectivity index (χ4v) is 6.16. The Hall–Kier alpha value is -2.39. The highest BCUT2D eigenvalue weighted by Gasteiger charge is 2.36. The van der Waals surface area contributed by atoms with Crippen LogP contribution in [0.2, 0.25) is 0 Å². The summed E-state index contributed by atoms with van der Waals surface area (Å²) in [4.78, 5) is 21.7. The largest absolute Gasteiger partial charge is 0.368 e. The van der Waals surface area contributed by atoms with Gasteiger partial charge in [-0.3, -0.25) is 4.79 Å². The van der Waals surface area contributed by atoms with Crippen LogP contribution >= 0.6 is 0 Å². The molecule has 1 atom stereocenters. The number of hydrogen-bond acceptors (Lipinski definition) is 5. The van der Waals surface area contributed by atoms with Crippen molar-refractivity contribution in [1.29, 1.82) is 0 Å². The van der Waals surface area contributed by atoms with Gasteiger partial charge in [0.15, 0.2) is 5.03 Å². The maximum atomic E-state index is 13.3. The lowest BCUT2D eigenvalue weighted by Crippen LogP contribution is -2.53. The van der Waals surface area contributed by atoms with E-state index in [0.29, 0.717) is 26.1 Å². The van der Waals surface area contributed by atoms with E-state index in [1.165, 1.54) is 21.1 Å². The van der Waals surface area contributed by atoms with Crippen LogP contribution in [0.1, 0.15) is 43.9 Å². The van der Waals surface area contributed by atoms with E-state index in [-0.39, 0.29) is 29.4 Å². The van der Waals surface area contributed by atoms with Gasteiger partial charge in [-0.05, 0) is 57.7 Å². The maximum Gasteiger partial charge on any atom is 0.262 e. The van der Waals surface area contributed by atoms with Crippen molar-refractivity contribution in [1.82, 2.24) is 18.8 Å². The maximum absolute atomic E-state index is 13.3. The Balaban J connectivity index is 1.39. The van der Waals surface area contributed by atoms with E-state index >= 15 is 0 Å². The van der Waals surface area contributed by atoms with Gasteiger partial charge in [0.05, 0.1) is 12.2 Å². The Bertz CT molecular complexity index is 1100. The molecule has 0 unspecified atom stereocenters. The number of sulfonamides is 1. The van der Waals surface area contributed by atoms with Crippen LogP contribution in [0.3, 0.4) is 0 Å². The van der Waals surface area contributed by atoms with Gasteiger partial charge in [-0.15, -0.1) is 0 Å². The summed E-state index contributed by atoms with van der Waals surface area (Å²) >= 11 is 0. The Morgan fingerprint density at radius 1 is 1.09 bits per heavy atom. The van der Waals surface area contributed by atoms with Gasteiger partial charge in [0.25, 0.3) is 10.0 Å². The minimum Gasteiger partial charge on any atom is -0.368 e. The molecule has 3 heterocycles. The predicted octanol–water partition coefficient (Wildman–Crippen LogP) is 2.83. The van der Waals surface area contributed by atoms with Crippen molar-refractivity contribution in [2.75, 3.05) is 44.2 Å². The quantitative estimate of drug-likeness (QED) is 0.667. The normalized spacial score (nSPS) is 20.5. The Morgan fingerprint density at radius 2 is 1.82 bits per heavy atom. The van der Waals surface area contributed by atoms with Crippen LogP contribution in [0.5, 0.6) is 0 Å². The van der Waals surface area contributed by atoms with Crippen LogP contribution in [0.25, 0.3) is 0 Å². The highest BCUT2D eigenvalue weighted by atomic mass is 32.2. The van der Waals surface area contributed by atoms with Gasteiger partial charge in [-0.1, -0.05) is 12.1 Å². The molecular formula is C24H35N5O3S. The smallest absolute Gasteiger partial charge is 0.262 e. The molecule has 33 heavy (non-hydrogen) atoms. The number of aryl methyl sites for hydroxylation is 2. The van der Waals surface area contributed by atoms with E-state index in [1.54, 1.807) is 17.1 Å². The van der Waals surface area contributed by atoms with Crippen molar-refractivity contribution < 1.29 is 13.2 Å². The lowest BCUT2D eigenvalue weighted by molar-refractivity contribution is -0.137. The molecule has 8 nitrogen and oxygen atoms in total. The molecule has 0 N–H and O–H groups in total. The standard InChI is InChI=1S/C24H35N5O3S/c1-18(2)28-16-23(25-17-28)33(31,32)29-9-5-6-21(15-29)24(30)27-12-10-26(11-13-27)22-14-19(3)7-8-20(22)4/h7-8,14,16-18,21H,5-6,9-13,15H2,1-4H3/t21-/m0/s1. The zero-order valence-corrected chi connectivity index (χ0v) is 20.9. The number of aromatic nitrogens is 2. The van der Waals surface area contributed by atoms with Crippen molar-refractivity contribution in [2.24, 2.45) is 5.92 Å². The van der Waals surface area contributed by atoms with E-state index in [2.05, 4.69) is 41.9 Å². The number of carbonyl (C=O) groups is 1. The van der Waals surface area contributed by atoms with Gasteiger partial charge in [0.1, 0.15) is 0 Å². The van der Waals surface area contributed by atoms with Crippen LogP contribution in [-0.4, -0.2) is 72.3 Å². The molecule has 2 aromatic rings. The zero-order chi connectivity index (χ0) is 23.8. The Morgan fingerprint density at radius 3 is 2.48 bits per heavy atom. The molecule has 1 aromatic carbocycles. The summed E-state index contributed by atoms with van der Waals surface area (Å²) in [6, 6.07) is 6.61. The van der Waals surface area contributed by atoms with E-state index < -0.39 is 10.0 Å². The fraction of sp³-hybridized carbons (Fsp3) is 0.583. The Kier molecular flexibility index (Phi) is 6.81. The molecule has 0 aliphatic carbocycles. The molecule has 0 bridgehead atoms. The fourth-order valence-electron chi connectivity index (χ4n) is 4.71. The van der Waals surface area contributed by atoms with Gasteiger partial charge in [-0.2, -0.15) is 4.31 Å². The molecular weight excluding hydrogens is 438 g/mol. The molecule has 1 aromatic heterocycles. The number of nitrogens with zero attached hydrogens (tertiary/aromatic N) is 5. The van der Waals surface area contributed by atoms with Crippen molar-refractivity contribution in [3.05, 3.63) is 41.9 Å². The third-order valence-corrected chi connectivity index (χ3v) is 8.56. The zero-order valence-electron chi connectivity index (χ0n) is 20.1. The molecule has 0 spiro atoms. The molecule has 2 aliphatic rings. The molecule has 2 fully saturated rings. The first-order chi connectivity index (χ1) is 15.7. The minimum absolute atomic E-state index is 0.0615. The number of anilines is 1. The van der Waals surface area contributed by atoms with Gasteiger partial charge >= 0.3 is 0 Å². The average Bonchev–Trinajstić information content (AvgIpc) is 3.32. The number of piperazine rings is 1. The SMILES string of the molecule is Cc1ccc(C)c(N2CCN(C(=O)[C@H]3CCCN(S(=O)(=O)c4cn(C(C)C)cn4)C3)CC2)c1. The molecule has 0 radical (unpaired) electrons. The number of carbonyl (C=O) groups excluding carboxylic acids is 1. The van der Waals surface area contributed by atoms with E-state index in [1.807, 2.05) is 18.7 Å². The summed E-state index contributed by atoms with van der Waals surface area (Å²) in [5.74, 6) is -0.226. The second-order valence-electron chi connectivity index (χ2n) is 9.56. The molecule has 2 saturated heterocycles. The topological polar surface area (TPSA) is 78.8 Å². The molecule has 4 rings (SSSR count). The van der Waals surface area contributed by atoms with Crippen LogP contribution in [0.15, 0.2) is 35.7 Å². The van der Waals surface area contributed by atoms with Crippen LogP contribution in [0.4, 0.5) is 5.69 Å². The monoisotopic (exact) mass is 473 g/mol. The molecule has 0 saturated carbocycles. The molecule has 9 heteroatoms. The lowest BCUT2D eigenvalue weighted by atomic mass is 9.97. The van der Waals surface area contributed by atoms with E-state index in [9.17, 15) is 13.2 Å². The summed E-state index contributed by atoms with van der Waals surface area (Å²) in [7, 11) is -3.70. The summed E-state index contributed by atoms with van der Waals surface area (Å²) in [6.45, 7) is 11.7. The number of rotatable bonds is 5. The van der Waals surface area contributed by atoms with Crippen molar-refractivity contribution >= 4 is 21.6 Å². The third kappa shape index (κ3) is 4.94. The first-order valence-corrected chi connectivity index (χ1v) is 13.3. The average molecular weight is 474 g/mol. The van der Waals surface area contributed by atoms with Gasteiger partial charge < -0.3 is 14.4 Å². The van der Waals surface area contributed by atoms with Gasteiger partial charge in [0, 0.05) is 57.2 Å². The second-order valence-corrected chi connectivity index (χ2v) is 11.4. The van der Waals surface area contributed by atoms with Crippen molar-refractivity contribution in [3.8, 4) is 0 Å². The molecule has 180 valence electrons. The number of hydrogen-bond donors (Lipinski definition) is 0. The van der Waals surface area contributed by atoms with Crippen LogP contribution < -0.4 is 4.90 Å². The second kappa shape index (κ2) is 9.46. The summed E-state index contributed by atoms with van der Waals surface area (Å²) in [5.41, 5.74) is 3.71. The number of amides is 1. The highest BCUT2D eigenvalue weighted by molar-refractivity contribution is 7.89. The molecule has 1 amide bonds. The molecule has 2 aliphatic heterocycles. The van der Waals surface area contributed by atoms with Gasteiger partial charge in [0.2, 0.25) is 5.91 Å². The Labute approximate surface area is 197 Å². The van der Waals surface area contributed by atoms with Crippen LogP contribution in [0, 0.1) is 19.8 Å². The predicted molar refractivity (Wildman–Crippen MR) is 129 cm³/mol. The number of benzene rings is 1. The van der Waals surface area contributed by atoms with Crippen LogP contribution in [-0.2, 0) is 14.8 Å². The summed E-state index contributed by atoms with van der Waals surface area (Å²) < 4.78 is 29.5. The lowest BCUT2D eigenvalue weighted by Gasteiger charge is -2.39. The van der Waals surface area contributed by atoms with Gasteiger partial charge in [-0.25, -0.2) is 13.4 Å². The number of imidazole rings is 1. The first kappa shape index (κ1) is 23.8. The summed E-state index contributed by atoms with van der Waals surface area (Å²) in [6.07, 6.45) is 4.54.